The first kappa shape index (κ1) is 11.9. The van der Waals surface area contributed by atoms with Gasteiger partial charge in [0.25, 0.3) is 0 Å². The molecular formula is C9H19NO3S. The molecule has 4 nitrogen and oxygen atoms in total. The second-order valence-electron chi connectivity index (χ2n) is 4.58. The first-order chi connectivity index (χ1) is 6.33. The topological polar surface area (TPSA) is 69.4 Å². The molecule has 1 rings (SSSR count). The summed E-state index contributed by atoms with van der Waals surface area (Å²) in [5.41, 5.74) is 5.53. The van der Waals surface area contributed by atoms with Crippen LogP contribution in [-0.2, 0) is 14.6 Å². The number of hydrogen-bond acceptors (Lipinski definition) is 4. The highest BCUT2D eigenvalue weighted by Crippen LogP contribution is 2.47. The summed E-state index contributed by atoms with van der Waals surface area (Å²) in [7, 11) is -1.68. The highest BCUT2D eigenvalue weighted by Gasteiger charge is 2.58. The van der Waals surface area contributed by atoms with Crippen LogP contribution in [0.4, 0.5) is 0 Å². The standard InChI is InChI=1S/C9H19NO3S/c1-8(2,7-13-3)14(11,12)9(6-10)4-5-9/h4-7,10H2,1-3H3. The van der Waals surface area contributed by atoms with Gasteiger partial charge >= 0.3 is 0 Å². The number of rotatable bonds is 5. The fourth-order valence-corrected chi connectivity index (χ4v) is 4.04. The Morgan fingerprint density at radius 2 is 1.93 bits per heavy atom. The maximum atomic E-state index is 12.2. The third-order valence-electron chi connectivity index (χ3n) is 2.97. The Kier molecular flexibility index (Phi) is 2.96. The van der Waals surface area contributed by atoms with E-state index in [0.29, 0.717) is 12.8 Å². The molecular weight excluding hydrogens is 202 g/mol. The van der Waals surface area contributed by atoms with E-state index in [9.17, 15) is 8.42 Å². The maximum Gasteiger partial charge on any atom is 0.164 e. The van der Waals surface area contributed by atoms with Gasteiger partial charge in [-0.2, -0.15) is 0 Å². The van der Waals surface area contributed by atoms with Gasteiger partial charge in [0.2, 0.25) is 0 Å². The molecule has 2 N–H and O–H groups in total. The van der Waals surface area contributed by atoms with E-state index in [1.807, 2.05) is 0 Å². The van der Waals surface area contributed by atoms with Crippen molar-refractivity contribution in [1.29, 1.82) is 0 Å². The van der Waals surface area contributed by atoms with Gasteiger partial charge in [-0.3, -0.25) is 0 Å². The summed E-state index contributed by atoms with van der Waals surface area (Å²) in [6.45, 7) is 3.84. The molecule has 0 aromatic rings. The van der Waals surface area contributed by atoms with Crippen LogP contribution in [-0.4, -0.2) is 38.2 Å². The summed E-state index contributed by atoms with van der Waals surface area (Å²) in [6.07, 6.45) is 1.39. The van der Waals surface area contributed by atoms with Crippen LogP contribution in [0.25, 0.3) is 0 Å². The molecule has 0 saturated heterocycles. The van der Waals surface area contributed by atoms with E-state index in [0.717, 1.165) is 0 Å². The predicted molar refractivity (Wildman–Crippen MR) is 55.9 cm³/mol. The second-order valence-corrected chi connectivity index (χ2v) is 7.56. The van der Waals surface area contributed by atoms with Crippen LogP contribution in [0.15, 0.2) is 0 Å². The molecule has 0 radical (unpaired) electrons. The van der Waals surface area contributed by atoms with Crippen molar-refractivity contribution in [3.63, 3.8) is 0 Å². The van der Waals surface area contributed by atoms with Crippen molar-refractivity contribution in [2.75, 3.05) is 20.3 Å². The Morgan fingerprint density at radius 1 is 1.43 bits per heavy atom. The van der Waals surface area contributed by atoms with Gasteiger partial charge in [-0.25, -0.2) is 8.42 Å². The molecule has 0 atom stereocenters. The zero-order valence-corrected chi connectivity index (χ0v) is 9.86. The Labute approximate surface area is 85.7 Å². The maximum absolute atomic E-state index is 12.2. The lowest BCUT2D eigenvalue weighted by Crippen LogP contribution is -2.47. The molecule has 1 saturated carbocycles. The average molecular weight is 221 g/mol. The Morgan fingerprint density at radius 3 is 2.21 bits per heavy atom. The summed E-state index contributed by atoms with van der Waals surface area (Å²) in [5, 5.41) is 0. The summed E-state index contributed by atoms with van der Waals surface area (Å²) in [6, 6.07) is 0. The quantitative estimate of drug-likeness (QED) is 0.725. The van der Waals surface area contributed by atoms with E-state index in [1.54, 1.807) is 13.8 Å². The van der Waals surface area contributed by atoms with Crippen molar-refractivity contribution in [3.8, 4) is 0 Å². The molecule has 1 aliphatic rings. The number of methoxy groups -OCH3 is 1. The fourth-order valence-electron chi connectivity index (χ4n) is 1.73. The van der Waals surface area contributed by atoms with Gasteiger partial charge in [-0.05, 0) is 26.7 Å². The Balaban J connectivity index is 2.96. The molecule has 0 spiro atoms. The van der Waals surface area contributed by atoms with Gasteiger partial charge in [0.1, 0.15) is 0 Å². The molecule has 1 fully saturated rings. The Hall–Kier alpha value is -0.130. The monoisotopic (exact) mass is 221 g/mol. The predicted octanol–water partition coefficient (Wildman–Crippen LogP) is 0.318. The molecule has 0 aromatic carbocycles. The minimum Gasteiger partial charge on any atom is -0.383 e. The Bertz CT molecular complexity index is 304. The molecule has 0 amide bonds. The zero-order valence-electron chi connectivity index (χ0n) is 9.04. The van der Waals surface area contributed by atoms with Crippen LogP contribution in [0.2, 0.25) is 0 Å². The highest BCUT2D eigenvalue weighted by atomic mass is 32.2. The number of sulfone groups is 1. The largest absolute Gasteiger partial charge is 0.383 e. The third kappa shape index (κ3) is 1.57. The number of ether oxygens (including phenoxy) is 1. The van der Waals surface area contributed by atoms with Crippen molar-refractivity contribution >= 4 is 9.84 Å². The molecule has 5 heteroatoms. The van der Waals surface area contributed by atoms with Gasteiger partial charge in [-0.15, -0.1) is 0 Å². The lowest BCUT2D eigenvalue weighted by atomic mass is 10.2. The molecule has 0 bridgehead atoms. The van der Waals surface area contributed by atoms with Crippen molar-refractivity contribution in [2.24, 2.45) is 5.73 Å². The summed E-state index contributed by atoms with van der Waals surface area (Å²) in [4.78, 5) is 0. The van der Waals surface area contributed by atoms with Gasteiger partial charge in [-0.1, -0.05) is 0 Å². The van der Waals surface area contributed by atoms with E-state index < -0.39 is 19.3 Å². The fraction of sp³-hybridized carbons (Fsp3) is 1.00. The van der Waals surface area contributed by atoms with E-state index in [4.69, 9.17) is 10.5 Å². The zero-order chi connectivity index (χ0) is 11.0. The first-order valence-electron chi connectivity index (χ1n) is 4.76. The van der Waals surface area contributed by atoms with Gasteiger partial charge in [0.15, 0.2) is 9.84 Å². The van der Waals surface area contributed by atoms with E-state index >= 15 is 0 Å². The second kappa shape index (κ2) is 3.47. The molecule has 1 aliphatic carbocycles. The third-order valence-corrected chi connectivity index (χ3v) is 6.26. The summed E-state index contributed by atoms with van der Waals surface area (Å²) < 4.78 is 27.8. The van der Waals surface area contributed by atoms with Gasteiger partial charge in [0.05, 0.1) is 16.1 Å². The van der Waals surface area contributed by atoms with Crippen molar-refractivity contribution in [2.45, 2.75) is 36.2 Å². The molecule has 0 unspecified atom stereocenters. The minimum atomic E-state index is -3.19. The smallest absolute Gasteiger partial charge is 0.164 e. The van der Waals surface area contributed by atoms with E-state index in [2.05, 4.69) is 0 Å². The number of nitrogens with two attached hydrogens (primary N) is 1. The highest BCUT2D eigenvalue weighted by molar-refractivity contribution is 7.94. The molecule has 0 heterocycles. The summed E-state index contributed by atoms with van der Waals surface area (Å²) >= 11 is 0. The molecule has 14 heavy (non-hydrogen) atoms. The lowest BCUT2D eigenvalue weighted by Gasteiger charge is -2.28. The van der Waals surface area contributed by atoms with Gasteiger partial charge in [0, 0.05) is 13.7 Å². The van der Waals surface area contributed by atoms with Crippen molar-refractivity contribution in [3.05, 3.63) is 0 Å². The SMILES string of the molecule is COCC(C)(C)S(=O)(=O)C1(CN)CC1. The average Bonchev–Trinajstić information content (AvgIpc) is 2.83. The molecule has 0 aromatic heterocycles. The van der Waals surface area contributed by atoms with Crippen LogP contribution >= 0.6 is 0 Å². The van der Waals surface area contributed by atoms with E-state index in [-0.39, 0.29) is 13.2 Å². The van der Waals surface area contributed by atoms with E-state index in [1.165, 1.54) is 7.11 Å². The molecule has 0 aliphatic heterocycles. The van der Waals surface area contributed by atoms with Crippen LogP contribution in [0.1, 0.15) is 26.7 Å². The lowest BCUT2D eigenvalue weighted by molar-refractivity contribution is 0.174. The van der Waals surface area contributed by atoms with Crippen molar-refractivity contribution < 1.29 is 13.2 Å². The molecule has 84 valence electrons. The minimum absolute atomic E-state index is 0.219. The number of hydrogen-bond donors (Lipinski definition) is 1. The van der Waals surface area contributed by atoms with Crippen LogP contribution in [0.5, 0.6) is 0 Å². The first-order valence-corrected chi connectivity index (χ1v) is 6.24. The normalized spacial score (nSPS) is 20.9. The van der Waals surface area contributed by atoms with Crippen LogP contribution in [0, 0.1) is 0 Å². The van der Waals surface area contributed by atoms with Gasteiger partial charge < -0.3 is 10.5 Å². The van der Waals surface area contributed by atoms with Crippen LogP contribution < -0.4 is 5.73 Å². The van der Waals surface area contributed by atoms with Crippen LogP contribution in [0.3, 0.4) is 0 Å². The van der Waals surface area contributed by atoms with Crippen molar-refractivity contribution in [1.82, 2.24) is 0 Å². The summed E-state index contributed by atoms with van der Waals surface area (Å²) in [5.74, 6) is 0.